The first-order chi connectivity index (χ1) is 9.20. The molecule has 0 atom stereocenters. The molecule has 0 N–H and O–H groups in total. The molecule has 0 bridgehead atoms. The molecule has 0 spiro atoms. The minimum atomic E-state index is 0.608. The SMILES string of the molecule is Cc1ccc(-c2nc3cccc(C)n3c2C=O)cc1. The molecule has 0 amide bonds. The van der Waals surface area contributed by atoms with Crippen molar-refractivity contribution in [2.75, 3.05) is 0 Å². The molecule has 0 aliphatic heterocycles. The second-order valence-corrected chi connectivity index (χ2v) is 4.69. The molecule has 0 aliphatic carbocycles. The molecule has 1 aromatic carbocycles. The molecule has 3 heteroatoms. The Morgan fingerprint density at radius 3 is 2.47 bits per heavy atom. The zero-order chi connectivity index (χ0) is 13.4. The molecule has 0 saturated carbocycles. The molecular formula is C16H14N2O. The maximum absolute atomic E-state index is 11.4. The Hall–Kier alpha value is -2.42. The number of pyridine rings is 1. The van der Waals surface area contributed by atoms with Crippen LogP contribution in [0.1, 0.15) is 21.7 Å². The number of benzene rings is 1. The minimum absolute atomic E-state index is 0.608. The van der Waals surface area contributed by atoms with Gasteiger partial charge < -0.3 is 0 Å². The second-order valence-electron chi connectivity index (χ2n) is 4.69. The lowest BCUT2D eigenvalue weighted by Gasteiger charge is -2.01. The minimum Gasteiger partial charge on any atom is -0.296 e. The van der Waals surface area contributed by atoms with Crippen molar-refractivity contribution in [2.45, 2.75) is 13.8 Å². The number of imidazole rings is 1. The number of aryl methyl sites for hydroxylation is 2. The quantitative estimate of drug-likeness (QED) is 0.653. The molecule has 94 valence electrons. The van der Waals surface area contributed by atoms with E-state index in [4.69, 9.17) is 0 Å². The molecule has 3 rings (SSSR count). The van der Waals surface area contributed by atoms with Gasteiger partial charge in [-0.2, -0.15) is 0 Å². The first kappa shape index (κ1) is 11.7. The number of carbonyl (C=O) groups is 1. The van der Waals surface area contributed by atoms with E-state index in [1.807, 2.05) is 60.7 Å². The second kappa shape index (κ2) is 4.35. The van der Waals surface area contributed by atoms with E-state index >= 15 is 0 Å². The van der Waals surface area contributed by atoms with Crippen molar-refractivity contribution in [3.05, 3.63) is 59.4 Å². The number of fused-ring (bicyclic) bond motifs is 1. The van der Waals surface area contributed by atoms with Gasteiger partial charge in [-0.05, 0) is 26.0 Å². The van der Waals surface area contributed by atoms with E-state index in [2.05, 4.69) is 4.98 Å². The molecule has 19 heavy (non-hydrogen) atoms. The first-order valence-corrected chi connectivity index (χ1v) is 6.21. The van der Waals surface area contributed by atoms with Crippen LogP contribution in [0.25, 0.3) is 16.9 Å². The maximum atomic E-state index is 11.4. The highest BCUT2D eigenvalue weighted by molar-refractivity contribution is 5.86. The summed E-state index contributed by atoms with van der Waals surface area (Å²) in [4.78, 5) is 16.0. The molecular weight excluding hydrogens is 236 g/mol. The summed E-state index contributed by atoms with van der Waals surface area (Å²) in [7, 11) is 0. The van der Waals surface area contributed by atoms with Gasteiger partial charge >= 0.3 is 0 Å². The van der Waals surface area contributed by atoms with Crippen molar-refractivity contribution in [2.24, 2.45) is 0 Å². The summed E-state index contributed by atoms with van der Waals surface area (Å²) in [5.74, 6) is 0. The topological polar surface area (TPSA) is 34.4 Å². The third kappa shape index (κ3) is 1.83. The number of aromatic nitrogens is 2. The van der Waals surface area contributed by atoms with E-state index in [0.717, 1.165) is 28.9 Å². The Morgan fingerprint density at radius 2 is 1.79 bits per heavy atom. The highest BCUT2D eigenvalue weighted by Gasteiger charge is 2.14. The van der Waals surface area contributed by atoms with Gasteiger partial charge in [0.05, 0.1) is 0 Å². The van der Waals surface area contributed by atoms with Crippen molar-refractivity contribution in [1.82, 2.24) is 9.38 Å². The highest BCUT2D eigenvalue weighted by atomic mass is 16.1. The van der Waals surface area contributed by atoms with Gasteiger partial charge in [-0.1, -0.05) is 35.9 Å². The van der Waals surface area contributed by atoms with Crippen LogP contribution in [0.15, 0.2) is 42.5 Å². The monoisotopic (exact) mass is 250 g/mol. The van der Waals surface area contributed by atoms with Gasteiger partial charge in [0.2, 0.25) is 0 Å². The van der Waals surface area contributed by atoms with Crippen LogP contribution in [0.3, 0.4) is 0 Å². The standard InChI is InChI=1S/C16H14N2O/c1-11-6-8-13(9-7-11)16-14(10-19)18-12(2)4-3-5-15(18)17-16/h3-10H,1-2H3. The Balaban J connectivity index is 2.32. The molecule has 2 aromatic heterocycles. The molecule has 2 heterocycles. The Labute approximate surface area is 111 Å². The average Bonchev–Trinajstić information content (AvgIpc) is 2.79. The van der Waals surface area contributed by atoms with Crippen LogP contribution in [0.2, 0.25) is 0 Å². The zero-order valence-electron chi connectivity index (χ0n) is 10.9. The van der Waals surface area contributed by atoms with E-state index in [0.29, 0.717) is 5.69 Å². The Morgan fingerprint density at radius 1 is 1.05 bits per heavy atom. The molecule has 0 radical (unpaired) electrons. The molecule has 0 saturated heterocycles. The summed E-state index contributed by atoms with van der Waals surface area (Å²) in [6, 6.07) is 13.9. The third-order valence-electron chi connectivity index (χ3n) is 3.31. The molecule has 0 fully saturated rings. The fourth-order valence-electron chi connectivity index (χ4n) is 2.31. The van der Waals surface area contributed by atoms with Gasteiger partial charge in [0, 0.05) is 11.3 Å². The van der Waals surface area contributed by atoms with Crippen molar-refractivity contribution in [3.8, 4) is 11.3 Å². The zero-order valence-corrected chi connectivity index (χ0v) is 10.9. The van der Waals surface area contributed by atoms with Gasteiger partial charge in [-0.15, -0.1) is 0 Å². The van der Waals surface area contributed by atoms with E-state index in [1.165, 1.54) is 5.56 Å². The van der Waals surface area contributed by atoms with Crippen molar-refractivity contribution >= 4 is 11.9 Å². The number of hydrogen-bond acceptors (Lipinski definition) is 2. The number of carbonyl (C=O) groups excluding carboxylic acids is 1. The summed E-state index contributed by atoms with van der Waals surface area (Å²) in [6.07, 6.45) is 0.877. The summed E-state index contributed by atoms with van der Waals surface area (Å²) >= 11 is 0. The van der Waals surface area contributed by atoms with Gasteiger partial charge in [0.15, 0.2) is 6.29 Å². The van der Waals surface area contributed by atoms with Gasteiger partial charge in [-0.3, -0.25) is 9.20 Å². The maximum Gasteiger partial charge on any atom is 0.169 e. The molecule has 3 nitrogen and oxygen atoms in total. The molecule has 3 aromatic rings. The highest BCUT2D eigenvalue weighted by Crippen LogP contribution is 2.24. The summed E-state index contributed by atoms with van der Waals surface area (Å²) in [5, 5.41) is 0. The smallest absolute Gasteiger partial charge is 0.169 e. The fourth-order valence-corrected chi connectivity index (χ4v) is 2.31. The van der Waals surface area contributed by atoms with Crippen LogP contribution in [0.5, 0.6) is 0 Å². The summed E-state index contributed by atoms with van der Waals surface area (Å²) in [5.41, 5.74) is 5.32. The van der Waals surface area contributed by atoms with Gasteiger partial charge in [-0.25, -0.2) is 4.98 Å². The predicted octanol–water partition coefficient (Wildman–Crippen LogP) is 3.43. The lowest BCUT2D eigenvalue weighted by molar-refractivity contribution is 0.111. The van der Waals surface area contributed by atoms with Gasteiger partial charge in [0.25, 0.3) is 0 Å². The first-order valence-electron chi connectivity index (χ1n) is 6.21. The van der Waals surface area contributed by atoms with Crippen LogP contribution < -0.4 is 0 Å². The van der Waals surface area contributed by atoms with Gasteiger partial charge in [0.1, 0.15) is 17.0 Å². The molecule has 0 unspecified atom stereocenters. The van der Waals surface area contributed by atoms with Crippen LogP contribution in [-0.2, 0) is 0 Å². The largest absolute Gasteiger partial charge is 0.296 e. The molecule has 0 aliphatic rings. The van der Waals surface area contributed by atoms with E-state index in [1.54, 1.807) is 0 Å². The normalized spacial score (nSPS) is 10.8. The summed E-state index contributed by atoms with van der Waals surface area (Å²) in [6.45, 7) is 4.01. The predicted molar refractivity (Wildman–Crippen MR) is 75.5 cm³/mol. The number of hydrogen-bond donors (Lipinski definition) is 0. The van der Waals surface area contributed by atoms with Crippen molar-refractivity contribution in [3.63, 3.8) is 0 Å². The average molecular weight is 250 g/mol. The third-order valence-corrected chi connectivity index (χ3v) is 3.31. The van der Waals surface area contributed by atoms with Crippen LogP contribution in [0.4, 0.5) is 0 Å². The number of aldehydes is 1. The fraction of sp³-hybridized carbons (Fsp3) is 0.125. The Kier molecular flexibility index (Phi) is 2.67. The van der Waals surface area contributed by atoms with E-state index < -0.39 is 0 Å². The lowest BCUT2D eigenvalue weighted by atomic mass is 10.1. The number of nitrogens with zero attached hydrogens (tertiary/aromatic N) is 2. The van der Waals surface area contributed by atoms with Crippen LogP contribution in [-0.4, -0.2) is 15.7 Å². The van der Waals surface area contributed by atoms with Crippen molar-refractivity contribution in [1.29, 1.82) is 0 Å². The van der Waals surface area contributed by atoms with E-state index in [-0.39, 0.29) is 0 Å². The van der Waals surface area contributed by atoms with E-state index in [9.17, 15) is 4.79 Å². The summed E-state index contributed by atoms with van der Waals surface area (Å²) < 4.78 is 1.89. The number of rotatable bonds is 2. The van der Waals surface area contributed by atoms with Crippen molar-refractivity contribution < 1.29 is 4.79 Å². The lowest BCUT2D eigenvalue weighted by Crippen LogP contribution is -1.96. The van der Waals surface area contributed by atoms with Crippen LogP contribution in [0, 0.1) is 13.8 Å². The van der Waals surface area contributed by atoms with Crippen LogP contribution >= 0.6 is 0 Å². The Bertz CT molecular complexity index is 754.